The number of halogens is 1. The molecule has 0 unspecified atom stereocenters. The van der Waals surface area contributed by atoms with E-state index in [2.05, 4.69) is 43.6 Å². The zero-order valence-corrected chi connectivity index (χ0v) is 9.73. The molecule has 0 aromatic carbocycles. The van der Waals surface area contributed by atoms with E-state index in [1.807, 2.05) is 6.92 Å². The van der Waals surface area contributed by atoms with Crippen LogP contribution in [0.1, 0.15) is 34.6 Å². The second-order valence-corrected chi connectivity index (χ2v) is 4.68. The van der Waals surface area contributed by atoms with Crippen LogP contribution in [0.3, 0.4) is 0 Å². The molecule has 0 atom stereocenters. The van der Waals surface area contributed by atoms with Gasteiger partial charge in [0.2, 0.25) is 0 Å². The first-order valence-corrected chi connectivity index (χ1v) is 5.07. The van der Waals surface area contributed by atoms with Crippen molar-refractivity contribution in [3.8, 4) is 0 Å². The highest BCUT2D eigenvalue weighted by Crippen LogP contribution is 2.36. The minimum absolute atomic E-state index is 0.137. The number of ether oxygens (including phenoxy) is 1. The number of hydrogen-bond donors (Lipinski definition) is 0. The molecule has 0 heterocycles. The molecular weight excluding hydrogens is 204 g/mol. The summed E-state index contributed by atoms with van der Waals surface area (Å²) in [4.78, 5) is 0. The van der Waals surface area contributed by atoms with Crippen LogP contribution < -0.4 is 0 Å². The van der Waals surface area contributed by atoms with Crippen molar-refractivity contribution in [1.82, 2.24) is 0 Å². The summed E-state index contributed by atoms with van der Waals surface area (Å²) in [7, 11) is 0. The fraction of sp³-hybridized carbons (Fsp3) is 1.00. The predicted molar refractivity (Wildman–Crippen MR) is 53.0 cm³/mol. The molecule has 0 saturated heterocycles. The molecule has 1 nitrogen and oxygen atoms in total. The van der Waals surface area contributed by atoms with Crippen LogP contribution in [-0.4, -0.2) is 11.1 Å². The lowest BCUT2D eigenvalue weighted by molar-refractivity contribution is -0.0250. The summed E-state index contributed by atoms with van der Waals surface area (Å²) in [6.45, 7) is 11.5. The molecule has 11 heavy (non-hydrogen) atoms. The van der Waals surface area contributed by atoms with Crippen molar-refractivity contribution in [3.05, 3.63) is 0 Å². The van der Waals surface area contributed by atoms with Gasteiger partial charge in [-0.15, -0.1) is 0 Å². The lowest BCUT2D eigenvalue weighted by atomic mass is 9.96. The molecule has 2 heteroatoms. The van der Waals surface area contributed by atoms with Gasteiger partial charge in [0, 0.05) is 6.61 Å². The largest absolute Gasteiger partial charge is 0.364 e. The van der Waals surface area contributed by atoms with Gasteiger partial charge in [-0.2, -0.15) is 0 Å². The molecule has 0 saturated carbocycles. The number of rotatable bonds is 4. The molecule has 0 fully saturated rings. The maximum Gasteiger partial charge on any atom is 0.127 e. The topological polar surface area (TPSA) is 9.23 Å². The van der Waals surface area contributed by atoms with Crippen LogP contribution in [0.25, 0.3) is 0 Å². The zero-order chi connectivity index (χ0) is 9.07. The summed E-state index contributed by atoms with van der Waals surface area (Å²) in [5, 5.41) is 0. The fourth-order valence-corrected chi connectivity index (χ4v) is 1.45. The first-order valence-electron chi connectivity index (χ1n) is 4.28. The Balaban J connectivity index is 4.26. The van der Waals surface area contributed by atoms with Gasteiger partial charge in [0.1, 0.15) is 4.51 Å². The van der Waals surface area contributed by atoms with Crippen LogP contribution in [-0.2, 0) is 4.74 Å². The van der Waals surface area contributed by atoms with Gasteiger partial charge in [-0.05, 0) is 18.8 Å². The lowest BCUT2D eigenvalue weighted by Crippen LogP contribution is -2.37. The molecule has 0 amide bonds. The van der Waals surface area contributed by atoms with Crippen LogP contribution >= 0.6 is 15.9 Å². The molecule has 0 spiro atoms. The third kappa shape index (κ3) is 2.75. The van der Waals surface area contributed by atoms with E-state index >= 15 is 0 Å². The molecule has 0 N–H and O–H groups in total. The maximum absolute atomic E-state index is 5.67. The molecule has 0 aromatic rings. The Bertz CT molecular complexity index is 102. The van der Waals surface area contributed by atoms with E-state index in [0.717, 1.165) is 6.61 Å². The molecule has 0 rings (SSSR count). The molecule has 0 radical (unpaired) electrons. The van der Waals surface area contributed by atoms with Crippen molar-refractivity contribution in [1.29, 1.82) is 0 Å². The Kier molecular flexibility index (Phi) is 4.64. The standard InChI is InChI=1S/C9H19BrO/c1-6-11-9(10,7(2)3)8(4)5/h7-8H,6H2,1-5H3. The highest BCUT2D eigenvalue weighted by Gasteiger charge is 2.34. The molecule has 0 aliphatic carbocycles. The van der Waals surface area contributed by atoms with Crippen molar-refractivity contribution in [2.24, 2.45) is 11.8 Å². The maximum atomic E-state index is 5.67. The summed E-state index contributed by atoms with van der Waals surface area (Å²) in [6.07, 6.45) is 0. The molecule has 68 valence electrons. The molecule has 0 aromatic heterocycles. The second-order valence-electron chi connectivity index (χ2n) is 3.44. The summed E-state index contributed by atoms with van der Waals surface area (Å²) in [5.74, 6) is 1.00. The Morgan fingerprint density at radius 2 is 1.55 bits per heavy atom. The van der Waals surface area contributed by atoms with Crippen molar-refractivity contribution in [2.45, 2.75) is 39.1 Å². The second kappa shape index (κ2) is 4.46. The van der Waals surface area contributed by atoms with E-state index in [1.165, 1.54) is 0 Å². The SMILES string of the molecule is CCOC(Br)(C(C)C)C(C)C. The summed E-state index contributed by atoms with van der Waals surface area (Å²) < 4.78 is 5.53. The van der Waals surface area contributed by atoms with E-state index in [1.54, 1.807) is 0 Å². The van der Waals surface area contributed by atoms with Gasteiger partial charge in [0.25, 0.3) is 0 Å². The van der Waals surface area contributed by atoms with Crippen LogP contribution in [0.5, 0.6) is 0 Å². The third-order valence-corrected chi connectivity index (χ3v) is 4.00. The minimum Gasteiger partial charge on any atom is -0.364 e. The first kappa shape index (κ1) is 11.4. The average molecular weight is 223 g/mol. The Morgan fingerprint density at radius 3 is 1.64 bits per heavy atom. The van der Waals surface area contributed by atoms with Crippen molar-refractivity contribution < 1.29 is 4.74 Å². The third-order valence-electron chi connectivity index (χ3n) is 1.94. The van der Waals surface area contributed by atoms with Crippen LogP contribution in [0, 0.1) is 11.8 Å². The number of hydrogen-bond acceptors (Lipinski definition) is 1. The van der Waals surface area contributed by atoms with Gasteiger partial charge >= 0.3 is 0 Å². The molecular formula is C9H19BrO. The van der Waals surface area contributed by atoms with E-state index in [4.69, 9.17) is 4.74 Å². The first-order chi connectivity index (χ1) is 4.95. The monoisotopic (exact) mass is 222 g/mol. The smallest absolute Gasteiger partial charge is 0.127 e. The highest BCUT2D eigenvalue weighted by molar-refractivity contribution is 9.10. The molecule has 0 aliphatic heterocycles. The van der Waals surface area contributed by atoms with Crippen molar-refractivity contribution in [3.63, 3.8) is 0 Å². The van der Waals surface area contributed by atoms with E-state index in [-0.39, 0.29) is 4.51 Å². The Labute approximate surface area is 78.6 Å². The quantitative estimate of drug-likeness (QED) is 0.663. The predicted octanol–water partition coefficient (Wildman–Crippen LogP) is 3.43. The summed E-state index contributed by atoms with van der Waals surface area (Å²) in [5.41, 5.74) is 0. The van der Waals surface area contributed by atoms with Gasteiger partial charge in [-0.3, -0.25) is 0 Å². The van der Waals surface area contributed by atoms with Crippen LogP contribution in [0.4, 0.5) is 0 Å². The summed E-state index contributed by atoms with van der Waals surface area (Å²) >= 11 is 3.65. The molecule has 0 aliphatic rings. The van der Waals surface area contributed by atoms with E-state index in [0.29, 0.717) is 11.8 Å². The Hall–Kier alpha value is 0.440. The van der Waals surface area contributed by atoms with Crippen molar-refractivity contribution in [2.75, 3.05) is 6.61 Å². The Morgan fingerprint density at radius 1 is 1.18 bits per heavy atom. The highest BCUT2D eigenvalue weighted by atomic mass is 79.9. The average Bonchev–Trinajstić information content (AvgIpc) is 1.87. The van der Waals surface area contributed by atoms with Crippen LogP contribution in [0.2, 0.25) is 0 Å². The van der Waals surface area contributed by atoms with Gasteiger partial charge in [-0.1, -0.05) is 43.6 Å². The normalized spacial score (nSPS) is 13.1. The summed E-state index contributed by atoms with van der Waals surface area (Å²) in [6, 6.07) is 0. The van der Waals surface area contributed by atoms with Gasteiger partial charge in [0.05, 0.1) is 0 Å². The molecule has 0 bridgehead atoms. The van der Waals surface area contributed by atoms with Gasteiger partial charge in [0.15, 0.2) is 0 Å². The van der Waals surface area contributed by atoms with E-state index < -0.39 is 0 Å². The fourth-order valence-electron chi connectivity index (χ4n) is 1.22. The van der Waals surface area contributed by atoms with Gasteiger partial charge in [-0.25, -0.2) is 0 Å². The van der Waals surface area contributed by atoms with Gasteiger partial charge < -0.3 is 4.74 Å². The van der Waals surface area contributed by atoms with E-state index in [9.17, 15) is 0 Å². The lowest BCUT2D eigenvalue weighted by Gasteiger charge is -2.35. The zero-order valence-electron chi connectivity index (χ0n) is 8.15. The number of alkyl halides is 1. The van der Waals surface area contributed by atoms with Crippen molar-refractivity contribution >= 4 is 15.9 Å². The minimum atomic E-state index is -0.137. The van der Waals surface area contributed by atoms with Crippen LogP contribution in [0.15, 0.2) is 0 Å².